The molecule has 0 aromatic rings. The highest BCUT2D eigenvalue weighted by Gasteiger charge is 2.55. The molecule has 6 heteroatoms. The van der Waals surface area contributed by atoms with Gasteiger partial charge < -0.3 is 5.11 Å². The van der Waals surface area contributed by atoms with Crippen LogP contribution in [0, 0.1) is 10.1 Å². The number of hydrogen-bond donors (Lipinski definition) is 1. The van der Waals surface area contributed by atoms with E-state index < -0.39 is 22.2 Å². The molecule has 0 amide bonds. The first kappa shape index (κ1) is 12.5. The highest BCUT2D eigenvalue weighted by molar-refractivity contribution is 6.04. The lowest BCUT2D eigenvalue weighted by atomic mass is 9.89. The van der Waals surface area contributed by atoms with Crippen molar-refractivity contribution in [2.45, 2.75) is 38.6 Å². The third kappa shape index (κ3) is 2.07. The van der Waals surface area contributed by atoms with Crippen LogP contribution in [0.3, 0.4) is 0 Å². The van der Waals surface area contributed by atoms with Gasteiger partial charge in [0.05, 0.1) is 0 Å². The maximum atomic E-state index is 11.0. The smallest absolute Gasteiger partial charge is 0.390 e. The monoisotopic (exact) mass is 203 g/mol. The molecule has 0 spiro atoms. The van der Waals surface area contributed by atoms with Gasteiger partial charge in [-0.05, 0) is 6.42 Å². The summed E-state index contributed by atoms with van der Waals surface area (Å²) in [5.41, 5.74) is -2.45. The molecule has 0 bridgehead atoms. The van der Waals surface area contributed by atoms with Crippen LogP contribution in [-0.2, 0) is 9.59 Å². The van der Waals surface area contributed by atoms with Crippen molar-refractivity contribution in [2.75, 3.05) is 0 Å². The number of unbranched alkanes of at least 4 members (excludes halogenated alkanes) is 1. The van der Waals surface area contributed by atoms with Gasteiger partial charge in [-0.15, -0.1) is 0 Å². The standard InChI is InChI=1S/C8H13NO5/c1-3-4-5-8(6(2)10,7(11)12)9(13)14/h3-5H2,1-2H3,(H,11,12). The van der Waals surface area contributed by atoms with Crippen LogP contribution in [0.2, 0.25) is 0 Å². The summed E-state index contributed by atoms with van der Waals surface area (Å²) in [7, 11) is 0. The van der Waals surface area contributed by atoms with Gasteiger partial charge in [-0.25, -0.2) is 4.79 Å². The van der Waals surface area contributed by atoms with Crippen LogP contribution in [0.15, 0.2) is 0 Å². The Morgan fingerprint density at radius 3 is 2.21 bits per heavy atom. The molecule has 0 fully saturated rings. The first-order valence-corrected chi connectivity index (χ1v) is 4.28. The maximum Gasteiger partial charge on any atom is 0.390 e. The number of hydrogen-bond acceptors (Lipinski definition) is 4. The molecule has 1 N–H and O–H groups in total. The molecule has 0 aromatic carbocycles. The third-order valence-corrected chi connectivity index (χ3v) is 2.14. The van der Waals surface area contributed by atoms with Crippen molar-refractivity contribution in [3.63, 3.8) is 0 Å². The molecule has 6 nitrogen and oxygen atoms in total. The molecule has 1 unspecified atom stereocenters. The molecule has 0 rings (SSSR count). The Labute approximate surface area is 81.1 Å². The fourth-order valence-electron chi connectivity index (χ4n) is 1.16. The predicted octanol–water partition coefficient (Wildman–Crippen LogP) is 0.866. The van der Waals surface area contributed by atoms with Gasteiger partial charge in [0.1, 0.15) is 0 Å². The molecule has 0 radical (unpaired) electrons. The summed E-state index contributed by atoms with van der Waals surface area (Å²) in [5.74, 6) is -2.60. The minimum atomic E-state index is -2.45. The zero-order valence-electron chi connectivity index (χ0n) is 8.15. The molecule has 0 heterocycles. The van der Waals surface area contributed by atoms with E-state index in [9.17, 15) is 19.7 Å². The van der Waals surface area contributed by atoms with Gasteiger partial charge >= 0.3 is 11.5 Å². The highest BCUT2D eigenvalue weighted by atomic mass is 16.6. The summed E-state index contributed by atoms with van der Waals surface area (Å²) >= 11 is 0. The molecule has 0 aliphatic heterocycles. The van der Waals surface area contributed by atoms with Gasteiger partial charge in [-0.3, -0.25) is 14.9 Å². The number of carbonyl (C=O) groups is 2. The summed E-state index contributed by atoms with van der Waals surface area (Å²) in [6.45, 7) is 2.71. The number of carboxylic acids is 1. The van der Waals surface area contributed by atoms with Gasteiger partial charge in [0, 0.05) is 18.3 Å². The van der Waals surface area contributed by atoms with Gasteiger partial charge in [-0.1, -0.05) is 13.3 Å². The molecular formula is C8H13NO5. The largest absolute Gasteiger partial charge is 0.476 e. The quantitative estimate of drug-likeness (QED) is 0.392. The Morgan fingerprint density at radius 2 is 2.00 bits per heavy atom. The lowest BCUT2D eigenvalue weighted by molar-refractivity contribution is -0.539. The number of rotatable bonds is 6. The van der Waals surface area contributed by atoms with E-state index in [-0.39, 0.29) is 6.42 Å². The number of nitrogens with zero attached hydrogens (tertiary/aromatic N) is 1. The number of ketones is 1. The zero-order chi connectivity index (χ0) is 11.4. The van der Waals surface area contributed by atoms with Crippen LogP contribution < -0.4 is 0 Å². The molecular weight excluding hydrogens is 190 g/mol. The number of Topliss-reactive ketones (excluding diaryl/α,β-unsaturated/α-hetero) is 1. The van der Waals surface area contributed by atoms with Crippen LogP contribution in [0.4, 0.5) is 0 Å². The van der Waals surface area contributed by atoms with Crippen molar-refractivity contribution in [1.82, 2.24) is 0 Å². The second-order valence-electron chi connectivity index (χ2n) is 3.08. The van der Waals surface area contributed by atoms with Crippen molar-refractivity contribution >= 4 is 11.8 Å². The van der Waals surface area contributed by atoms with Crippen molar-refractivity contribution < 1.29 is 19.6 Å². The minimum Gasteiger partial charge on any atom is -0.476 e. The van der Waals surface area contributed by atoms with Crippen LogP contribution in [0.5, 0.6) is 0 Å². The molecule has 1 atom stereocenters. The van der Waals surface area contributed by atoms with E-state index in [1.54, 1.807) is 6.92 Å². The SMILES string of the molecule is CCCCC(C(C)=O)(C(=O)O)[N+](=O)[O-]. The zero-order valence-corrected chi connectivity index (χ0v) is 8.15. The Hall–Kier alpha value is -1.46. The average Bonchev–Trinajstić information content (AvgIpc) is 2.03. The van der Waals surface area contributed by atoms with E-state index in [2.05, 4.69) is 0 Å². The lowest BCUT2D eigenvalue weighted by Gasteiger charge is -2.17. The Kier molecular flexibility index (Phi) is 4.20. The Bertz CT molecular complexity index is 224. The second kappa shape index (κ2) is 4.69. The maximum absolute atomic E-state index is 11.0. The van der Waals surface area contributed by atoms with Crippen molar-refractivity contribution in [3.05, 3.63) is 10.1 Å². The highest BCUT2D eigenvalue weighted by Crippen LogP contribution is 2.20. The van der Waals surface area contributed by atoms with Crippen LogP contribution >= 0.6 is 0 Å². The van der Waals surface area contributed by atoms with Gasteiger partial charge in [-0.2, -0.15) is 0 Å². The lowest BCUT2D eigenvalue weighted by Crippen LogP contribution is -2.52. The summed E-state index contributed by atoms with van der Waals surface area (Å²) in [4.78, 5) is 31.4. The summed E-state index contributed by atoms with van der Waals surface area (Å²) < 4.78 is 0. The normalized spacial score (nSPS) is 14.4. The topological polar surface area (TPSA) is 97.5 Å². The summed E-state index contributed by atoms with van der Waals surface area (Å²) in [6.07, 6.45) is 0.699. The fraction of sp³-hybridized carbons (Fsp3) is 0.750. The molecule has 0 aliphatic carbocycles. The second-order valence-corrected chi connectivity index (χ2v) is 3.08. The first-order chi connectivity index (χ1) is 6.39. The predicted molar refractivity (Wildman–Crippen MR) is 47.6 cm³/mol. The van der Waals surface area contributed by atoms with Gasteiger partial charge in [0.2, 0.25) is 5.78 Å². The first-order valence-electron chi connectivity index (χ1n) is 4.28. The number of aliphatic carboxylic acids is 1. The Balaban J connectivity index is 5.06. The number of carbonyl (C=O) groups excluding carboxylic acids is 1. The van der Waals surface area contributed by atoms with Crippen LogP contribution in [-0.4, -0.2) is 27.3 Å². The van der Waals surface area contributed by atoms with E-state index in [1.165, 1.54) is 0 Å². The van der Waals surface area contributed by atoms with E-state index in [1.807, 2.05) is 0 Å². The van der Waals surface area contributed by atoms with Crippen LogP contribution in [0.1, 0.15) is 33.1 Å². The van der Waals surface area contributed by atoms with Gasteiger partial charge in [0.25, 0.3) is 0 Å². The van der Waals surface area contributed by atoms with E-state index in [0.29, 0.717) is 12.8 Å². The summed E-state index contributed by atoms with van der Waals surface area (Å²) in [6, 6.07) is 0. The molecule has 0 aromatic heterocycles. The summed E-state index contributed by atoms with van der Waals surface area (Å²) in [5, 5.41) is 19.3. The molecule has 80 valence electrons. The Morgan fingerprint density at radius 1 is 1.50 bits per heavy atom. The fourth-order valence-corrected chi connectivity index (χ4v) is 1.16. The number of nitro groups is 1. The van der Waals surface area contributed by atoms with Crippen molar-refractivity contribution in [2.24, 2.45) is 0 Å². The van der Waals surface area contributed by atoms with Crippen LogP contribution in [0.25, 0.3) is 0 Å². The minimum absolute atomic E-state index is 0.249. The molecule has 0 aliphatic rings. The van der Waals surface area contributed by atoms with E-state index in [0.717, 1.165) is 6.92 Å². The van der Waals surface area contributed by atoms with Crippen molar-refractivity contribution in [1.29, 1.82) is 0 Å². The molecule has 14 heavy (non-hydrogen) atoms. The van der Waals surface area contributed by atoms with E-state index in [4.69, 9.17) is 5.11 Å². The van der Waals surface area contributed by atoms with Gasteiger partial charge in [0.15, 0.2) is 0 Å². The molecule has 0 saturated carbocycles. The average molecular weight is 203 g/mol. The number of carboxylic acid groups (broad SMARTS) is 1. The molecule has 0 saturated heterocycles. The van der Waals surface area contributed by atoms with Crippen molar-refractivity contribution in [3.8, 4) is 0 Å². The van der Waals surface area contributed by atoms with E-state index >= 15 is 0 Å². The third-order valence-electron chi connectivity index (χ3n) is 2.14.